The van der Waals surface area contributed by atoms with Crippen molar-refractivity contribution in [3.05, 3.63) is 115 Å². The van der Waals surface area contributed by atoms with E-state index in [1.54, 1.807) is 12.1 Å². The molecular formula is C29H23N3O2. The lowest BCUT2D eigenvalue weighted by atomic mass is 9.99. The number of hydrogen-bond acceptors (Lipinski definition) is 5. The number of hydrogen-bond donors (Lipinski definition) is 2. The van der Waals surface area contributed by atoms with Crippen LogP contribution in [-0.4, -0.2) is 25.2 Å². The van der Waals surface area contributed by atoms with E-state index in [-0.39, 0.29) is 13.2 Å². The Kier molecular flexibility index (Phi) is 6.21. The molecule has 5 nitrogen and oxygen atoms in total. The van der Waals surface area contributed by atoms with Crippen LogP contribution in [0.3, 0.4) is 0 Å². The van der Waals surface area contributed by atoms with E-state index in [0.29, 0.717) is 34.2 Å². The quantitative estimate of drug-likeness (QED) is 0.360. The summed E-state index contributed by atoms with van der Waals surface area (Å²) in [6.07, 6.45) is 0. The summed E-state index contributed by atoms with van der Waals surface area (Å²) in [4.78, 5) is 13.9. The van der Waals surface area contributed by atoms with E-state index >= 15 is 0 Å². The average molecular weight is 446 g/mol. The van der Waals surface area contributed by atoms with Crippen LogP contribution in [0.4, 0.5) is 0 Å². The van der Waals surface area contributed by atoms with Gasteiger partial charge in [-0.2, -0.15) is 0 Å². The maximum absolute atomic E-state index is 9.54. The van der Waals surface area contributed by atoms with Crippen molar-refractivity contribution in [2.45, 2.75) is 13.2 Å². The zero-order chi connectivity index (χ0) is 23.3. The molecule has 0 saturated heterocycles. The molecule has 0 saturated carbocycles. The Morgan fingerprint density at radius 3 is 1.38 bits per heavy atom. The molecule has 0 radical (unpaired) electrons. The molecule has 0 atom stereocenters. The SMILES string of the molecule is OCc1cccc(-c2cc(-c3ccc(-c4ccccc4)cc3)cc(-c3cccc(CO)n3)n2)n1. The fraction of sp³-hybridized carbons (Fsp3) is 0.0690. The first kappa shape index (κ1) is 21.6. The summed E-state index contributed by atoms with van der Waals surface area (Å²) in [5.41, 5.74) is 8.22. The summed E-state index contributed by atoms with van der Waals surface area (Å²) in [6.45, 7) is -0.275. The van der Waals surface area contributed by atoms with E-state index < -0.39 is 0 Å². The molecule has 0 aliphatic heterocycles. The van der Waals surface area contributed by atoms with E-state index in [1.807, 2.05) is 54.6 Å². The predicted octanol–water partition coefficient (Wildman–Crippen LogP) is 5.52. The molecule has 0 bridgehead atoms. The van der Waals surface area contributed by atoms with Crippen LogP contribution in [0.1, 0.15) is 11.4 Å². The number of aliphatic hydroxyl groups excluding tert-OH is 2. The third-order valence-corrected chi connectivity index (χ3v) is 5.61. The fourth-order valence-electron chi connectivity index (χ4n) is 3.87. The largest absolute Gasteiger partial charge is 0.390 e. The summed E-state index contributed by atoms with van der Waals surface area (Å²) in [5.74, 6) is 0. The zero-order valence-electron chi connectivity index (χ0n) is 18.5. The summed E-state index contributed by atoms with van der Waals surface area (Å²) in [6, 6.07) is 33.7. The summed E-state index contributed by atoms with van der Waals surface area (Å²) < 4.78 is 0. The van der Waals surface area contributed by atoms with Gasteiger partial charge in [0.05, 0.1) is 47.4 Å². The van der Waals surface area contributed by atoms with Gasteiger partial charge in [-0.25, -0.2) is 15.0 Å². The Labute approximate surface area is 198 Å². The van der Waals surface area contributed by atoms with Crippen molar-refractivity contribution in [1.29, 1.82) is 0 Å². The summed E-state index contributed by atoms with van der Waals surface area (Å²) in [5, 5.41) is 19.1. The molecule has 5 heteroatoms. The first-order valence-corrected chi connectivity index (χ1v) is 11.1. The molecular weight excluding hydrogens is 422 g/mol. The predicted molar refractivity (Wildman–Crippen MR) is 133 cm³/mol. The number of benzene rings is 2. The van der Waals surface area contributed by atoms with Gasteiger partial charge >= 0.3 is 0 Å². The van der Waals surface area contributed by atoms with Crippen LogP contribution in [0.5, 0.6) is 0 Å². The van der Waals surface area contributed by atoms with E-state index in [4.69, 9.17) is 4.98 Å². The molecule has 0 aliphatic carbocycles. The number of rotatable bonds is 6. The zero-order valence-corrected chi connectivity index (χ0v) is 18.5. The monoisotopic (exact) mass is 445 g/mol. The number of pyridine rings is 3. The topological polar surface area (TPSA) is 79.1 Å². The van der Waals surface area contributed by atoms with Crippen LogP contribution in [-0.2, 0) is 13.2 Å². The number of aliphatic hydroxyl groups is 2. The van der Waals surface area contributed by atoms with Crippen LogP contribution in [0.25, 0.3) is 45.0 Å². The normalized spacial score (nSPS) is 10.9. The van der Waals surface area contributed by atoms with E-state index in [9.17, 15) is 10.2 Å². The minimum atomic E-state index is -0.137. The Bertz CT molecular complexity index is 1350. The maximum atomic E-state index is 9.54. The Balaban J connectivity index is 1.62. The molecule has 5 rings (SSSR count). The number of nitrogens with zero attached hydrogens (tertiary/aromatic N) is 3. The highest BCUT2D eigenvalue weighted by Crippen LogP contribution is 2.31. The highest BCUT2D eigenvalue weighted by molar-refractivity contribution is 5.76. The first-order chi connectivity index (χ1) is 16.7. The Morgan fingerprint density at radius 1 is 0.412 bits per heavy atom. The van der Waals surface area contributed by atoms with Gasteiger partial charge in [0, 0.05) is 0 Å². The van der Waals surface area contributed by atoms with Crippen LogP contribution in [0, 0.1) is 0 Å². The molecule has 34 heavy (non-hydrogen) atoms. The van der Waals surface area contributed by atoms with Gasteiger partial charge in [-0.3, -0.25) is 0 Å². The molecule has 5 aromatic rings. The molecule has 0 fully saturated rings. The summed E-state index contributed by atoms with van der Waals surface area (Å²) >= 11 is 0. The van der Waals surface area contributed by atoms with Crippen LogP contribution < -0.4 is 0 Å². The minimum Gasteiger partial charge on any atom is -0.390 e. The molecule has 2 aromatic carbocycles. The van der Waals surface area contributed by atoms with Crippen molar-refractivity contribution in [2.24, 2.45) is 0 Å². The fourth-order valence-corrected chi connectivity index (χ4v) is 3.87. The van der Waals surface area contributed by atoms with Crippen LogP contribution >= 0.6 is 0 Å². The first-order valence-electron chi connectivity index (χ1n) is 11.1. The van der Waals surface area contributed by atoms with Crippen LogP contribution in [0.2, 0.25) is 0 Å². The highest BCUT2D eigenvalue weighted by atomic mass is 16.3. The molecule has 2 N–H and O–H groups in total. The Hall–Kier alpha value is -4.19. The highest BCUT2D eigenvalue weighted by Gasteiger charge is 2.12. The lowest BCUT2D eigenvalue weighted by molar-refractivity contribution is 0.277. The lowest BCUT2D eigenvalue weighted by Crippen LogP contribution is -1.98. The second-order valence-corrected chi connectivity index (χ2v) is 7.91. The lowest BCUT2D eigenvalue weighted by Gasteiger charge is -2.11. The van der Waals surface area contributed by atoms with Crippen molar-refractivity contribution in [1.82, 2.24) is 15.0 Å². The van der Waals surface area contributed by atoms with Gasteiger partial charge in [0.1, 0.15) is 0 Å². The van der Waals surface area contributed by atoms with E-state index in [0.717, 1.165) is 16.7 Å². The van der Waals surface area contributed by atoms with E-state index in [2.05, 4.69) is 46.4 Å². The van der Waals surface area contributed by atoms with Crippen molar-refractivity contribution in [2.75, 3.05) is 0 Å². The molecule has 3 aromatic heterocycles. The van der Waals surface area contributed by atoms with Gasteiger partial charge in [0.2, 0.25) is 0 Å². The van der Waals surface area contributed by atoms with Gasteiger partial charge in [-0.1, -0.05) is 66.7 Å². The summed E-state index contributed by atoms with van der Waals surface area (Å²) in [7, 11) is 0. The van der Waals surface area contributed by atoms with Crippen molar-refractivity contribution in [3.63, 3.8) is 0 Å². The van der Waals surface area contributed by atoms with Gasteiger partial charge in [-0.15, -0.1) is 0 Å². The number of aromatic nitrogens is 3. The van der Waals surface area contributed by atoms with E-state index in [1.165, 1.54) is 5.56 Å². The maximum Gasteiger partial charge on any atom is 0.0900 e. The molecule has 0 aliphatic rings. The third-order valence-electron chi connectivity index (χ3n) is 5.61. The van der Waals surface area contributed by atoms with Crippen molar-refractivity contribution < 1.29 is 10.2 Å². The standard InChI is InChI=1S/C29H23N3O2/c33-18-24-8-4-10-26(30-24)28-16-23(17-29(32-28)27-11-5-9-25(19-34)31-27)22-14-12-21(13-15-22)20-6-2-1-3-7-20/h1-17,33-34H,18-19H2. The second kappa shape index (κ2) is 9.75. The molecule has 0 unspecified atom stereocenters. The Morgan fingerprint density at radius 2 is 0.882 bits per heavy atom. The second-order valence-electron chi connectivity index (χ2n) is 7.91. The van der Waals surface area contributed by atoms with Gasteiger partial charge in [0.25, 0.3) is 0 Å². The smallest absolute Gasteiger partial charge is 0.0900 e. The van der Waals surface area contributed by atoms with Crippen molar-refractivity contribution in [3.8, 4) is 45.0 Å². The molecule has 166 valence electrons. The third kappa shape index (κ3) is 4.62. The van der Waals surface area contributed by atoms with Gasteiger partial charge in [0.15, 0.2) is 0 Å². The average Bonchev–Trinajstić information content (AvgIpc) is 2.93. The van der Waals surface area contributed by atoms with Crippen molar-refractivity contribution >= 4 is 0 Å². The molecule has 0 amide bonds. The van der Waals surface area contributed by atoms with Gasteiger partial charge in [-0.05, 0) is 58.7 Å². The minimum absolute atomic E-state index is 0.137. The van der Waals surface area contributed by atoms with Crippen LogP contribution in [0.15, 0.2) is 103 Å². The van der Waals surface area contributed by atoms with Gasteiger partial charge < -0.3 is 10.2 Å². The molecule has 3 heterocycles. The molecule has 0 spiro atoms.